The first-order valence-corrected chi connectivity index (χ1v) is 13.9. The second-order valence-corrected chi connectivity index (χ2v) is 11.0. The van der Waals surface area contributed by atoms with Crippen LogP contribution in [0.25, 0.3) is 0 Å². The number of aliphatic imine (C=N–C) groups is 1. The maximum absolute atomic E-state index is 14.5. The van der Waals surface area contributed by atoms with Gasteiger partial charge in [-0.1, -0.05) is 34.8 Å². The second-order valence-electron chi connectivity index (χ2n) is 7.76. The summed E-state index contributed by atoms with van der Waals surface area (Å²) in [5, 5.41) is 12.0. The number of guanidine groups is 1. The van der Waals surface area contributed by atoms with E-state index in [0.717, 1.165) is 0 Å². The fourth-order valence-electron chi connectivity index (χ4n) is 2.71. The van der Waals surface area contributed by atoms with E-state index in [2.05, 4.69) is 33.5 Å². The number of ether oxygens (including phenoxy) is 1. The van der Waals surface area contributed by atoms with Gasteiger partial charge >= 0.3 is 6.18 Å². The molecule has 0 aliphatic heterocycles. The second kappa shape index (κ2) is 16.6. The number of amides is 1. The zero-order valence-corrected chi connectivity index (χ0v) is 24.3. The summed E-state index contributed by atoms with van der Waals surface area (Å²) in [6, 6.07) is 5.30. The number of benzene rings is 2. The van der Waals surface area contributed by atoms with E-state index >= 15 is 0 Å². The standard InChI is InChI=1S/C19H22ClF2N5O5S.C3HCl2F3O/c1-24-19(23)25-8-2-3-16(18(28)26-29)27-33(30,31)13-9-14(21)17(15(22)10-13)32-12-6-4-11(20)5-7-12;4-2(5)1(9)3(6,7)8/h4-7,9-10,16,27,29H,2-3,8H2,1H3,(H,26,28)(H3,23,24,25);2H/t16-;/m1./s1. The summed E-state index contributed by atoms with van der Waals surface area (Å²) in [6.45, 7) is 0.250. The van der Waals surface area contributed by atoms with Gasteiger partial charge in [-0.3, -0.25) is 19.8 Å². The molecule has 20 heteroatoms. The third kappa shape index (κ3) is 12.1. The zero-order valence-electron chi connectivity index (χ0n) is 21.2. The third-order valence-electron chi connectivity index (χ3n) is 4.73. The summed E-state index contributed by atoms with van der Waals surface area (Å²) in [5.41, 5.74) is 6.82. The van der Waals surface area contributed by atoms with E-state index in [4.69, 9.17) is 27.3 Å². The number of hydroxylamine groups is 1. The number of hydrogen-bond donors (Lipinski definition) is 5. The van der Waals surface area contributed by atoms with Crippen LogP contribution in [0.15, 0.2) is 46.3 Å². The molecule has 1 amide bonds. The summed E-state index contributed by atoms with van der Waals surface area (Å²) in [4.78, 5) is 22.5. The van der Waals surface area contributed by atoms with E-state index in [9.17, 15) is 40.0 Å². The van der Waals surface area contributed by atoms with Crippen LogP contribution < -0.4 is 26.0 Å². The number of nitrogens with two attached hydrogens (primary N) is 1. The predicted molar refractivity (Wildman–Crippen MR) is 143 cm³/mol. The van der Waals surface area contributed by atoms with E-state index in [1.54, 1.807) is 0 Å². The molecule has 0 radical (unpaired) electrons. The SMILES string of the molecule is CN=C(N)NCCC[C@@H](NS(=O)(=O)c1cc(F)c(Oc2ccc(Cl)cc2)c(F)c1)C(=O)NO.O=C(C(Cl)Cl)C(F)(F)F. The molecule has 1 atom stereocenters. The van der Waals surface area contributed by atoms with Crippen LogP contribution in [0.2, 0.25) is 5.02 Å². The Morgan fingerprint density at radius 2 is 1.67 bits per heavy atom. The largest absolute Gasteiger partial charge is 0.452 e. The average molecular weight is 687 g/mol. The number of Topliss-reactive ketones (excluding diaryl/α,β-unsaturated/α-hetero) is 1. The van der Waals surface area contributed by atoms with Crippen molar-refractivity contribution in [3.8, 4) is 11.5 Å². The highest BCUT2D eigenvalue weighted by Crippen LogP contribution is 2.30. The molecule has 234 valence electrons. The molecule has 0 unspecified atom stereocenters. The average Bonchev–Trinajstić information content (AvgIpc) is 2.91. The number of rotatable bonds is 11. The quantitative estimate of drug-likeness (QED) is 0.0452. The number of sulfonamides is 1. The summed E-state index contributed by atoms with van der Waals surface area (Å²) < 4.78 is 95.0. The van der Waals surface area contributed by atoms with Crippen LogP contribution in [0.1, 0.15) is 12.8 Å². The van der Waals surface area contributed by atoms with E-state index in [-0.39, 0.29) is 31.1 Å². The first-order valence-electron chi connectivity index (χ1n) is 11.2. The van der Waals surface area contributed by atoms with Crippen molar-refractivity contribution in [2.24, 2.45) is 10.7 Å². The van der Waals surface area contributed by atoms with E-state index < -0.39 is 61.0 Å². The van der Waals surface area contributed by atoms with Crippen molar-refractivity contribution in [2.75, 3.05) is 13.6 Å². The number of alkyl halides is 5. The molecular formula is C22H23Cl3F5N5O6S. The lowest BCUT2D eigenvalue weighted by atomic mass is 10.1. The smallest absolute Gasteiger partial charge is 0.451 e. The Kier molecular flexibility index (Phi) is 14.7. The van der Waals surface area contributed by atoms with Crippen molar-refractivity contribution in [3.05, 3.63) is 53.1 Å². The molecule has 2 aromatic carbocycles. The molecule has 0 saturated heterocycles. The molecule has 2 aromatic rings. The Morgan fingerprint density at radius 3 is 2.10 bits per heavy atom. The Morgan fingerprint density at radius 1 is 1.12 bits per heavy atom. The number of carbonyl (C=O) groups excluding carboxylic acids is 2. The molecule has 0 heterocycles. The number of carbonyl (C=O) groups is 2. The Labute approximate surface area is 251 Å². The monoisotopic (exact) mass is 685 g/mol. The Balaban J connectivity index is 0.000000844. The molecule has 42 heavy (non-hydrogen) atoms. The lowest BCUT2D eigenvalue weighted by Crippen LogP contribution is -2.46. The number of nitrogens with one attached hydrogen (secondary N) is 3. The van der Waals surface area contributed by atoms with Crippen molar-refractivity contribution in [3.63, 3.8) is 0 Å². The van der Waals surface area contributed by atoms with Crippen LogP contribution in [-0.4, -0.2) is 61.9 Å². The highest BCUT2D eigenvalue weighted by molar-refractivity contribution is 7.89. The molecule has 0 fully saturated rings. The zero-order chi connectivity index (χ0) is 32.3. The maximum atomic E-state index is 14.5. The molecule has 6 N–H and O–H groups in total. The summed E-state index contributed by atoms with van der Waals surface area (Å²) in [6.07, 6.45) is -4.75. The van der Waals surface area contributed by atoms with Gasteiger partial charge in [-0.25, -0.2) is 22.7 Å². The molecule has 0 saturated carbocycles. The third-order valence-corrected chi connectivity index (χ3v) is 6.83. The van der Waals surface area contributed by atoms with Crippen LogP contribution in [0, 0.1) is 11.6 Å². The number of halogens is 8. The van der Waals surface area contributed by atoms with Crippen molar-refractivity contribution < 1.29 is 49.9 Å². The minimum atomic E-state index is -4.92. The van der Waals surface area contributed by atoms with Crippen molar-refractivity contribution >= 4 is 62.5 Å². The number of ketones is 1. The van der Waals surface area contributed by atoms with Gasteiger partial charge in [-0.15, -0.1) is 0 Å². The lowest BCUT2D eigenvalue weighted by Gasteiger charge is -2.17. The van der Waals surface area contributed by atoms with Crippen LogP contribution >= 0.6 is 34.8 Å². The summed E-state index contributed by atoms with van der Waals surface area (Å²) in [5.74, 6) is -6.36. The highest BCUT2D eigenvalue weighted by atomic mass is 35.5. The Bertz CT molecular complexity index is 1340. The number of nitrogens with zero attached hydrogens (tertiary/aromatic N) is 1. The lowest BCUT2D eigenvalue weighted by molar-refractivity contribution is -0.169. The molecule has 0 aliphatic carbocycles. The fraction of sp³-hybridized carbons (Fsp3) is 0.318. The van der Waals surface area contributed by atoms with Crippen LogP contribution in [0.4, 0.5) is 22.0 Å². The normalized spacial score (nSPS) is 12.7. The molecular weight excluding hydrogens is 664 g/mol. The molecule has 11 nitrogen and oxygen atoms in total. The van der Waals surface area contributed by atoms with Gasteiger partial charge in [-0.05, 0) is 49.2 Å². The van der Waals surface area contributed by atoms with Gasteiger partial charge in [0.05, 0.1) is 4.90 Å². The predicted octanol–water partition coefficient (Wildman–Crippen LogP) is 3.80. The molecule has 2 rings (SSSR count). The van der Waals surface area contributed by atoms with E-state index in [1.165, 1.54) is 36.8 Å². The van der Waals surface area contributed by atoms with Crippen LogP contribution in [0.5, 0.6) is 11.5 Å². The Hall–Kier alpha value is -2.96. The van der Waals surface area contributed by atoms with Crippen molar-refractivity contribution in [1.82, 2.24) is 15.5 Å². The van der Waals surface area contributed by atoms with Crippen molar-refractivity contribution in [1.29, 1.82) is 0 Å². The van der Waals surface area contributed by atoms with Gasteiger partial charge in [0.25, 0.3) is 11.7 Å². The van der Waals surface area contributed by atoms with Crippen LogP contribution in [0.3, 0.4) is 0 Å². The van der Waals surface area contributed by atoms with Crippen molar-refractivity contribution in [2.45, 2.75) is 34.8 Å². The molecule has 0 aliphatic rings. The minimum Gasteiger partial charge on any atom is -0.451 e. The van der Waals surface area contributed by atoms with E-state index in [0.29, 0.717) is 17.2 Å². The minimum absolute atomic E-state index is 0.0711. The fourth-order valence-corrected chi connectivity index (χ4v) is 4.34. The van der Waals surface area contributed by atoms with Crippen LogP contribution in [-0.2, 0) is 19.6 Å². The highest BCUT2D eigenvalue weighted by Gasteiger charge is 2.42. The maximum Gasteiger partial charge on any atom is 0.452 e. The molecule has 0 bridgehead atoms. The van der Waals surface area contributed by atoms with E-state index in [1.807, 2.05) is 4.72 Å². The molecule has 0 spiro atoms. The van der Waals surface area contributed by atoms with Gasteiger partial charge < -0.3 is 15.8 Å². The van der Waals surface area contributed by atoms with Gasteiger partial charge in [0.15, 0.2) is 28.2 Å². The van der Waals surface area contributed by atoms with Gasteiger partial charge in [-0.2, -0.15) is 17.9 Å². The topological polar surface area (TPSA) is 172 Å². The first-order chi connectivity index (χ1) is 19.4. The van der Waals surface area contributed by atoms with Gasteiger partial charge in [0.2, 0.25) is 10.0 Å². The van der Waals surface area contributed by atoms with Gasteiger partial charge in [0.1, 0.15) is 11.8 Å². The summed E-state index contributed by atoms with van der Waals surface area (Å²) >= 11 is 15.0. The first kappa shape index (κ1) is 37.1. The molecule has 0 aromatic heterocycles. The summed E-state index contributed by atoms with van der Waals surface area (Å²) in [7, 11) is -3.10. The number of hydrogen-bond acceptors (Lipinski definition) is 7. The van der Waals surface area contributed by atoms with Gasteiger partial charge in [0, 0.05) is 18.6 Å².